The van der Waals surface area contributed by atoms with Gasteiger partial charge in [0.05, 0.1) is 19.8 Å². The number of nitrogens with zero attached hydrogens (tertiary/aromatic N) is 1. The van der Waals surface area contributed by atoms with Crippen molar-refractivity contribution in [1.82, 2.24) is 10.2 Å². The van der Waals surface area contributed by atoms with Gasteiger partial charge in [0.15, 0.2) is 5.60 Å². The van der Waals surface area contributed by atoms with Crippen LogP contribution >= 0.6 is 0 Å². The molecule has 2 saturated heterocycles. The van der Waals surface area contributed by atoms with Gasteiger partial charge in [-0.15, -0.1) is 0 Å². The van der Waals surface area contributed by atoms with Crippen molar-refractivity contribution in [2.75, 3.05) is 32.8 Å². The number of carbonyl (C=O) groups is 1. The molecule has 2 rings (SSSR count). The van der Waals surface area contributed by atoms with Gasteiger partial charge in [-0.25, -0.2) is 0 Å². The Morgan fingerprint density at radius 1 is 1.50 bits per heavy atom. The number of hydrogen-bond acceptors (Lipinski definition) is 4. The predicted octanol–water partition coefficient (Wildman–Crippen LogP) is -0.499. The number of rotatable bonds is 1. The Labute approximate surface area is 102 Å². The van der Waals surface area contributed by atoms with Crippen LogP contribution in [0.5, 0.6) is 0 Å². The summed E-state index contributed by atoms with van der Waals surface area (Å²) in [4.78, 5) is 13.0. The SMILES string of the molecule is O=C(C1COCCN1)N1CCC(O)(C(F)(F)F)C1. The van der Waals surface area contributed by atoms with Gasteiger partial charge in [-0.2, -0.15) is 13.2 Å². The summed E-state index contributed by atoms with van der Waals surface area (Å²) >= 11 is 0. The van der Waals surface area contributed by atoms with Crippen molar-refractivity contribution < 1.29 is 27.8 Å². The van der Waals surface area contributed by atoms with E-state index in [9.17, 15) is 23.1 Å². The summed E-state index contributed by atoms with van der Waals surface area (Å²) in [5.74, 6) is -0.449. The molecular weight excluding hydrogens is 253 g/mol. The lowest BCUT2D eigenvalue weighted by Crippen LogP contribution is -2.54. The minimum absolute atomic E-state index is 0.0903. The van der Waals surface area contributed by atoms with E-state index in [1.165, 1.54) is 0 Å². The van der Waals surface area contributed by atoms with E-state index < -0.39 is 36.7 Å². The fraction of sp³-hybridized carbons (Fsp3) is 0.900. The third-order valence-corrected chi connectivity index (χ3v) is 3.31. The fourth-order valence-electron chi connectivity index (χ4n) is 2.16. The number of nitrogens with one attached hydrogen (secondary N) is 1. The number of aliphatic hydroxyl groups is 1. The lowest BCUT2D eigenvalue weighted by Gasteiger charge is -2.29. The average molecular weight is 268 g/mol. The molecule has 0 aromatic carbocycles. The van der Waals surface area contributed by atoms with Crippen LogP contribution in [0.2, 0.25) is 0 Å². The molecule has 0 aliphatic carbocycles. The predicted molar refractivity (Wildman–Crippen MR) is 54.8 cm³/mol. The standard InChI is InChI=1S/C10H15F3N2O3/c11-10(12,13)9(17)1-3-15(6-9)8(16)7-5-18-4-2-14-7/h7,14,17H,1-6H2. The van der Waals surface area contributed by atoms with Crippen LogP contribution in [-0.2, 0) is 9.53 Å². The average Bonchev–Trinajstić information content (AvgIpc) is 2.73. The summed E-state index contributed by atoms with van der Waals surface area (Å²) in [6.45, 7) is 0.338. The minimum Gasteiger partial charge on any atom is -0.379 e. The van der Waals surface area contributed by atoms with Gasteiger partial charge in [-0.05, 0) is 0 Å². The molecule has 0 saturated carbocycles. The lowest BCUT2D eigenvalue weighted by atomic mass is 10.0. The van der Waals surface area contributed by atoms with E-state index in [2.05, 4.69) is 5.32 Å². The highest BCUT2D eigenvalue weighted by Crippen LogP contribution is 2.37. The first kappa shape index (κ1) is 13.6. The zero-order valence-electron chi connectivity index (χ0n) is 9.66. The number of morpholine rings is 1. The van der Waals surface area contributed by atoms with Crippen LogP contribution in [0, 0.1) is 0 Å². The molecule has 8 heteroatoms. The molecule has 18 heavy (non-hydrogen) atoms. The van der Waals surface area contributed by atoms with Crippen molar-refractivity contribution in [3.63, 3.8) is 0 Å². The highest BCUT2D eigenvalue weighted by Gasteiger charge is 2.58. The molecule has 104 valence electrons. The zero-order valence-corrected chi connectivity index (χ0v) is 9.66. The Bertz CT molecular complexity index is 331. The molecule has 2 heterocycles. The second-order valence-electron chi connectivity index (χ2n) is 4.62. The molecule has 0 spiro atoms. The maximum atomic E-state index is 12.6. The van der Waals surface area contributed by atoms with Crippen molar-refractivity contribution in [2.24, 2.45) is 0 Å². The maximum absolute atomic E-state index is 12.6. The molecule has 0 aromatic heterocycles. The molecule has 5 nitrogen and oxygen atoms in total. The summed E-state index contributed by atoms with van der Waals surface area (Å²) in [5.41, 5.74) is -2.78. The van der Waals surface area contributed by atoms with Crippen LogP contribution < -0.4 is 5.32 Å². The van der Waals surface area contributed by atoms with Gasteiger partial charge in [0.1, 0.15) is 6.04 Å². The van der Waals surface area contributed by atoms with Crippen molar-refractivity contribution in [2.45, 2.75) is 24.2 Å². The molecule has 0 aromatic rings. The van der Waals surface area contributed by atoms with Gasteiger partial charge in [0.25, 0.3) is 0 Å². The topological polar surface area (TPSA) is 61.8 Å². The molecule has 2 aliphatic rings. The number of ether oxygens (including phenoxy) is 1. The number of hydrogen-bond donors (Lipinski definition) is 2. The van der Waals surface area contributed by atoms with Crippen molar-refractivity contribution in [3.8, 4) is 0 Å². The summed E-state index contributed by atoms with van der Waals surface area (Å²) in [6.07, 6.45) is -5.19. The zero-order chi connectivity index (χ0) is 13.4. The molecule has 0 radical (unpaired) electrons. The van der Waals surface area contributed by atoms with Crippen LogP contribution in [0.1, 0.15) is 6.42 Å². The summed E-state index contributed by atoms with van der Waals surface area (Å²) in [7, 11) is 0. The second kappa shape index (κ2) is 4.67. The van der Waals surface area contributed by atoms with Gasteiger partial charge in [0.2, 0.25) is 5.91 Å². The first-order valence-electron chi connectivity index (χ1n) is 5.72. The number of β-amino-alcohol motifs (C(OH)–C–C–N with tert-alkyl or cyclic N) is 1. The smallest absolute Gasteiger partial charge is 0.379 e. The Hall–Kier alpha value is -0.860. The highest BCUT2D eigenvalue weighted by atomic mass is 19.4. The Kier molecular flexibility index (Phi) is 3.52. The van der Waals surface area contributed by atoms with Gasteiger partial charge in [-0.3, -0.25) is 4.79 Å². The molecule has 2 atom stereocenters. The van der Waals surface area contributed by atoms with Crippen molar-refractivity contribution in [1.29, 1.82) is 0 Å². The Balaban J connectivity index is 1.98. The number of amides is 1. The van der Waals surface area contributed by atoms with Crippen LogP contribution in [0.15, 0.2) is 0 Å². The summed E-state index contributed by atoms with van der Waals surface area (Å²) < 4.78 is 42.9. The lowest BCUT2D eigenvalue weighted by molar-refractivity contribution is -0.253. The van der Waals surface area contributed by atoms with Crippen LogP contribution in [-0.4, -0.2) is 66.6 Å². The maximum Gasteiger partial charge on any atom is 0.419 e. The molecule has 2 aliphatic heterocycles. The Morgan fingerprint density at radius 2 is 2.22 bits per heavy atom. The summed E-state index contributed by atoms with van der Waals surface area (Å²) in [6, 6.07) is -0.616. The number of carbonyl (C=O) groups excluding carboxylic acids is 1. The third kappa shape index (κ3) is 2.45. The van der Waals surface area contributed by atoms with E-state index in [1.807, 2.05) is 0 Å². The monoisotopic (exact) mass is 268 g/mol. The molecule has 0 bridgehead atoms. The number of likely N-dealkylation sites (tertiary alicyclic amines) is 1. The van der Waals surface area contributed by atoms with Crippen molar-refractivity contribution in [3.05, 3.63) is 0 Å². The van der Waals surface area contributed by atoms with E-state index >= 15 is 0 Å². The van der Waals surface area contributed by atoms with Crippen molar-refractivity contribution >= 4 is 5.91 Å². The van der Waals surface area contributed by atoms with Crippen LogP contribution in [0.4, 0.5) is 13.2 Å². The first-order valence-corrected chi connectivity index (χ1v) is 5.72. The first-order chi connectivity index (χ1) is 8.33. The molecule has 1 amide bonds. The number of alkyl halides is 3. The van der Waals surface area contributed by atoms with E-state index in [-0.39, 0.29) is 13.2 Å². The van der Waals surface area contributed by atoms with Gasteiger partial charge < -0.3 is 20.1 Å². The van der Waals surface area contributed by atoms with E-state index in [4.69, 9.17) is 4.74 Å². The van der Waals surface area contributed by atoms with Gasteiger partial charge in [0, 0.05) is 19.5 Å². The van der Waals surface area contributed by atoms with Gasteiger partial charge in [-0.1, -0.05) is 0 Å². The normalized spacial score (nSPS) is 33.8. The molecule has 2 unspecified atom stereocenters. The van der Waals surface area contributed by atoms with Crippen LogP contribution in [0.25, 0.3) is 0 Å². The molecular formula is C10H15F3N2O3. The van der Waals surface area contributed by atoms with E-state index in [0.717, 1.165) is 4.90 Å². The summed E-state index contributed by atoms with van der Waals surface area (Å²) in [5, 5.41) is 12.4. The second-order valence-corrected chi connectivity index (χ2v) is 4.62. The van der Waals surface area contributed by atoms with E-state index in [0.29, 0.717) is 13.2 Å². The minimum atomic E-state index is -4.71. The van der Waals surface area contributed by atoms with Gasteiger partial charge >= 0.3 is 6.18 Å². The number of halogens is 3. The van der Waals surface area contributed by atoms with E-state index in [1.54, 1.807) is 0 Å². The third-order valence-electron chi connectivity index (χ3n) is 3.31. The Morgan fingerprint density at radius 3 is 2.72 bits per heavy atom. The van der Waals surface area contributed by atoms with Crippen LogP contribution in [0.3, 0.4) is 0 Å². The largest absolute Gasteiger partial charge is 0.419 e. The fourth-order valence-corrected chi connectivity index (χ4v) is 2.16. The molecule has 2 fully saturated rings. The highest BCUT2D eigenvalue weighted by molar-refractivity contribution is 5.82. The molecule has 2 N–H and O–H groups in total. The quantitative estimate of drug-likeness (QED) is 0.673.